The maximum absolute atomic E-state index is 6.74. The maximum Gasteiger partial charge on any atom is 0.165 e. The van der Waals surface area contributed by atoms with Crippen molar-refractivity contribution in [3.8, 4) is 22.9 Å². The Bertz CT molecular complexity index is 2930. The number of thiophene rings is 1. The lowest BCUT2D eigenvalue weighted by molar-refractivity contribution is 0.453. The van der Waals surface area contributed by atoms with Crippen molar-refractivity contribution in [2.24, 2.45) is 0 Å². The molecule has 0 atom stereocenters. The van der Waals surface area contributed by atoms with Gasteiger partial charge in [-0.15, -0.1) is 11.3 Å². The number of rotatable bonds is 2. The third-order valence-corrected chi connectivity index (χ3v) is 11.8. The Kier molecular flexibility index (Phi) is 5.20. The summed E-state index contributed by atoms with van der Waals surface area (Å²) in [6.07, 6.45) is 0. The third-order valence-electron chi connectivity index (χ3n) is 9.57. The molecular formula is C42H24N2OS2. The molecule has 0 fully saturated rings. The van der Waals surface area contributed by atoms with Crippen molar-refractivity contribution in [3.05, 3.63) is 146 Å². The summed E-state index contributed by atoms with van der Waals surface area (Å²) in [5, 5.41) is 7.55. The van der Waals surface area contributed by atoms with E-state index in [0.717, 1.165) is 27.0 Å². The second-order valence-corrected chi connectivity index (χ2v) is 14.2. The van der Waals surface area contributed by atoms with E-state index in [1.165, 1.54) is 69.5 Å². The van der Waals surface area contributed by atoms with Gasteiger partial charge in [-0.3, -0.25) is 0 Å². The van der Waals surface area contributed by atoms with Gasteiger partial charge in [0.05, 0.1) is 43.2 Å². The predicted octanol–water partition coefficient (Wildman–Crippen LogP) is 12.5. The number of hydrogen-bond acceptors (Lipinski definition) is 3. The van der Waals surface area contributed by atoms with E-state index in [2.05, 4.69) is 149 Å². The van der Waals surface area contributed by atoms with Gasteiger partial charge in [0, 0.05) is 41.7 Å². The molecule has 220 valence electrons. The van der Waals surface area contributed by atoms with Gasteiger partial charge in [-0.05, 0) is 60.7 Å². The van der Waals surface area contributed by atoms with Gasteiger partial charge >= 0.3 is 0 Å². The molecule has 4 heterocycles. The fraction of sp³-hybridized carbons (Fsp3) is 0. The van der Waals surface area contributed by atoms with E-state index < -0.39 is 0 Å². The Hall–Kier alpha value is -5.49. The Labute approximate surface area is 277 Å². The lowest BCUT2D eigenvalue weighted by Gasteiger charge is -2.23. The molecule has 0 saturated carbocycles. The topological polar surface area (TPSA) is 19.1 Å². The van der Waals surface area contributed by atoms with E-state index in [4.69, 9.17) is 4.74 Å². The quantitative estimate of drug-likeness (QED) is 0.188. The molecule has 0 aliphatic carbocycles. The Balaban J connectivity index is 1.30. The number of fused-ring (bicyclic) bond motifs is 12. The van der Waals surface area contributed by atoms with Gasteiger partial charge in [0.25, 0.3) is 0 Å². The molecule has 0 amide bonds. The SMILES string of the molecule is c1ccc2c(c1)Oc1c(cccc1-n1c3ccccc3c3ccc4c(c5ccccc5n4-c4cccc5sc6ccccc6c45)c31)S2. The predicted molar refractivity (Wildman–Crippen MR) is 199 cm³/mol. The fourth-order valence-corrected chi connectivity index (χ4v) is 9.78. The Morgan fingerprint density at radius 1 is 0.426 bits per heavy atom. The molecule has 0 spiro atoms. The van der Waals surface area contributed by atoms with E-state index in [1.54, 1.807) is 11.8 Å². The largest absolute Gasteiger partial charge is 0.453 e. The van der Waals surface area contributed by atoms with E-state index in [9.17, 15) is 0 Å². The van der Waals surface area contributed by atoms with Gasteiger partial charge in [0.2, 0.25) is 0 Å². The van der Waals surface area contributed by atoms with Crippen LogP contribution in [0.2, 0.25) is 0 Å². The first-order valence-corrected chi connectivity index (χ1v) is 17.4. The minimum atomic E-state index is 0.897. The molecule has 0 bridgehead atoms. The molecule has 47 heavy (non-hydrogen) atoms. The zero-order valence-electron chi connectivity index (χ0n) is 25.0. The number of ether oxygens (including phenoxy) is 1. The molecule has 7 aromatic carbocycles. The van der Waals surface area contributed by atoms with Crippen LogP contribution in [0.3, 0.4) is 0 Å². The number of hydrogen-bond donors (Lipinski definition) is 0. The van der Waals surface area contributed by atoms with Crippen LogP contribution in [-0.4, -0.2) is 9.13 Å². The zero-order chi connectivity index (χ0) is 30.6. The number of aromatic nitrogens is 2. The Morgan fingerprint density at radius 2 is 1.11 bits per heavy atom. The summed E-state index contributed by atoms with van der Waals surface area (Å²) in [5.74, 6) is 1.80. The highest BCUT2D eigenvalue weighted by Gasteiger charge is 2.26. The first-order chi connectivity index (χ1) is 23.3. The molecule has 1 aliphatic rings. The van der Waals surface area contributed by atoms with Crippen molar-refractivity contribution in [1.82, 2.24) is 9.13 Å². The van der Waals surface area contributed by atoms with Gasteiger partial charge < -0.3 is 13.9 Å². The second-order valence-electron chi connectivity index (χ2n) is 12.1. The molecule has 1 aliphatic heterocycles. The highest BCUT2D eigenvalue weighted by Crippen LogP contribution is 2.51. The van der Waals surface area contributed by atoms with E-state index in [1.807, 2.05) is 17.4 Å². The zero-order valence-corrected chi connectivity index (χ0v) is 26.6. The lowest BCUT2D eigenvalue weighted by Crippen LogP contribution is -2.02. The average Bonchev–Trinajstić information content (AvgIpc) is 3.78. The van der Waals surface area contributed by atoms with Crippen LogP contribution < -0.4 is 4.74 Å². The summed E-state index contributed by atoms with van der Waals surface area (Å²) in [6, 6.07) is 52.6. The van der Waals surface area contributed by atoms with E-state index in [0.29, 0.717) is 0 Å². The molecule has 0 saturated heterocycles. The van der Waals surface area contributed by atoms with Crippen LogP contribution in [0.4, 0.5) is 0 Å². The van der Waals surface area contributed by atoms with Crippen molar-refractivity contribution >= 4 is 86.9 Å². The fourth-order valence-electron chi connectivity index (χ4n) is 7.67. The summed E-state index contributed by atoms with van der Waals surface area (Å²) < 4.78 is 14.3. The van der Waals surface area contributed by atoms with Crippen molar-refractivity contribution in [2.45, 2.75) is 9.79 Å². The summed E-state index contributed by atoms with van der Waals surface area (Å²) in [7, 11) is 0. The maximum atomic E-state index is 6.74. The van der Waals surface area contributed by atoms with Gasteiger partial charge in [-0.25, -0.2) is 0 Å². The van der Waals surface area contributed by atoms with Crippen LogP contribution in [-0.2, 0) is 0 Å². The first-order valence-electron chi connectivity index (χ1n) is 15.8. The second kappa shape index (κ2) is 9.52. The molecule has 0 unspecified atom stereocenters. The summed E-state index contributed by atoms with van der Waals surface area (Å²) >= 11 is 3.64. The van der Waals surface area contributed by atoms with Crippen LogP contribution in [0.15, 0.2) is 155 Å². The third kappa shape index (κ3) is 3.47. The standard InChI is InChI=1S/C42H24N2OS2/c1-4-14-29-25(11-1)26-23-24-32-40(41(26)44(29)33-17-10-22-38-42(33)45-34-18-6-8-20-36(34)47-38)27-12-2-5-15-30(27)43(32)31-16-9-21-37-39(31)28-13-3-7-19-35(28)46-37/h1-24H. The lowest BCUT2D eigenvalue weighted by atomic mass is 10.1. The summed E-state index contributed by atoms with van der Waals surface area (Å²) in [4.78, 5) is 2.26. The molecule has 0 N–H and O–H groups in total. The molecule has 10 aromatic rings. The van der Waals surface area contributed by atoms with Crippen molar-refractivity contribution in [2.75, 3.05) is 0 Å². The first kappa shape index (κ1) is 25.7. The summed E-state index contributed by atoms with van der Waals surface area (Å²) in [6.45, 7) is 0. The van der Waals surface area contributed by atoms with Crippen molar-refractivity contribution in [1.29, 1.82) is 0 Å². The van der Waals surface area contributed by atoms with Gasteiger partial charge in [-0.2, -0.15) is 0 Å². The van der Waals surface area contributed by atoms with E-state index >= 15 is 0 Å². The molecule has 3 aromatic heterocycles. The van der Waals surface area contributed by atoms with Crippen LogP contribution >= 0.6 is 23.1 Å². The van der Waals surface area contributed by atoms with Gasteiger partial charge in [0.1, 0.15) is 5.75 Å². The van der Waals surface area contributed by atoms with Crippen LogP contribution in [0.25, 0.3) is 75.2 Å². The average molecular weight is 637 g/mol. The van der Waals surface area contributed by atoms with Crippen LogP contribution in [0.5, 0.6) is 11.5 Å². The smallest absolute Gasteiger partial charge is 0.165 e. The van der Waals surface area contributed by atoms with Crippen LogP contribution in [0, 0.1) is 0 Å². The van der Waals surface area contributed by atoms with Crippen molar-refractivity contribution < 1.29 is 4.74 Å². The van der Waals surface area contributed by atoms with Gasteiger partial charge in [0.15, 0.2) is 5.75 Å². The Morgan fingerprint density at radius 3 is 2.02 bits per heavy atom. The highest BCUT2D eigenvalue weighted by atomic mass is 32.2. The van der Waals surface area contributed by atoms with Crippen LogP contribution in [0.1, 0.15) is 0 Å². The number of para-hydroxylation sites is 4. The highest BCUT2D eigenvalue weighted by molar-refractivity contribution is 7.99. The molecule has 0 radical (unpaired) electrons. The van der Waals surface area contributed by atoms with E-state index in [-0.39, 0.29) is 0 Å². The molecule has 5 heteroatoms. The molecular weight excluding hydrogens is 613 g/mol. The number of nitrogens with zero attached hydrogens (tertiary/aromatic N) is 2. The number of benzene rings is 7. The molecule has 11 rings (SSSR count). The van der Waals surface area contributed by atoms with Crippen molar-refractivity contribution in [3.63, 3.8) is 0 Å². The minimum Gasteiger partial charge on any atom is -0.453 e. The summed E-state index contributed by atoms with van der Waals surface area (Å²) in [5.41, 5.74) is 7.01. The monoisotopic (exact) mass is 636 g/mol. The van der Waals surface area contributed by atoms with Gasteiger partial charge in [-0.1, -0.05) is 96.7 Å². The normalized spacial score (nSPS) is 12.8. The minimum absolute atomic E-state index is 0.897. The molecule has 3 nitrogen and oxygen atoms in total.